The van der Waals surface area contributed by atoms with Crippen molar-refractivity contribution in [2.75, 3.05) is 23.8 Å². The van der Waals surface area contributed by atoms with E-state index < -0.39 is 29.7 Å². The van der Waals surface area contributed by atoms with Crippen molar-refractivity contribution in [3.8, 4) is 0 Å². The van der Waals surface area contributed by atoms with Crippen LogP contribution in [-0.4, -0.2) is 35.0 Å². The number of nitro benzene ring substituents is 1. The van der Waals surface area contributed by atoms with Gasteiger partial charge in [0, 0.05) is 12.5 Å². The van der Waals surface area contributed by atoms with Crippen LogP contribution in [0.15, 0.2) is 12.1 Å². The molecular formula is C12H13F2N3O4. The van der Waals surface area contributed by atoms with Crippen LogP contribution >= 0.6 is 0 Å². The predicted molar refractivity (Wildman–Crippen MR) is 70.6 cm³/mol. The molecule has 21 heavy (non-hydrogen) atoms. The molecule has 0 bridgehead atoms. The van der Waals surface area contributed by atoms with E-state index in [9.17, 15) is 23.7 Å². The summed E-state index contributed by atoms with van der Waals surface area (Å²) in [6, 6.07) is 2.52. The van der Waals surface area contributed by atoms with E-state index >= 15 is 0 Å². The molecule has 1 amide bonds. The van der Waals surface area contributed by atoms with Gasteiger partial charge >= 0.3 is 0 Å². The van der Waals surface area contributed by atoms with Gasteiger partial charge in [0.15, 0.2) is 0 Å². The molecule has 1 aliphatic rings. The summed E-state index contributed by atoms with van der Waals surface area (Å²) in [7, 11) is 0. The zero-order valence-electron chi connectivity index (χ0n) is 10.9. The number of halogens is 2. The highest BCUT2D eigenvalue weighted by Crippen LogP contribution is 2.34. The maximum absolute atomic E-state index is 13.0. The first-order chi connectivity index (χ1) is 9.82. The van der Waals surface area contributed by atoms with Crippen LogP contribution in [-0.2, 0) is 11.2 Å². The van der Waals surface area contributed by atoms with Gasteiger partial charge in [-0.05, 0) is 18.1 Å². The SMILES string of the molecule is O=C1CCc2cc(NCC(F)(F)CO)c([N+](=O)[O-])cc2N1. The van der Waals surface area contributed by atoms with Gasteiger partial charge in [-0.2, -0.15) is 0 Å². The lowest BCUT2D eigenvalue weighted by Gasteiger charge is -2.19. The van der Waals surface area contributed by atoms with Crippen molar-refractivity contribution in [3.05, 3.63) is 27.8 Å². The monoisotopic (exact) mass is 301 g/mol. The quantitative estimate of drug-likeness (QED) is 0.565. The van der Waals surface area contributed by atoms with E-state index in [0.717, 1.165) is 6.07 Å². The number of fused-ring (bicyclic) bond motifs is 1. The lowest BCUT2D eigenvalue weighted by molar-refractivity contribution is -0.383. The van der Waals surface area contributed by atoms with Crippen LogP contribution in [0.3, 0.4) is 0 Å². The molecule has 2 rings (SSSR count). The van der Waals surface area contributed by atoms with Gasteiger partial charge in [0.05, 0.1) is 17.2 Å². The fourth-order valence-corrected chi connectivity index (χ4v) is 1.99. The van der Waals surface area contributed by atoms with Gasteiger partial charge in [-0.1, -0.05) is 0 Å². The van der Waals surface area contributed by atoms with E-state index in [-0.39, 0.29) is 18.0 Å². The largest absolute Gasteiger partial charge is 0.390 e. The number of rotatable bonds is 5. The molecule has 0 atom stereocenters. The first-order valence-electron chi connectivity index (χ1n) is 6.16. The highest BCUT2D eigenvalue weighted by Gasteiger charge is 2.29. The van der Waals surface area contributed by atoms with Gasteiger partial charge in [-0.15, -0.1) is 0 Å². The number of carbonyl (C=O) groups excluding carboxylic acids is 1. The Morgan fingerprint density at radius 3 is 2.76 bits per heavy atom. The number of aliphatic hydroxyl groups excluding tert-OH is 1. The Hall–Kier alpha value is -2.29. The molecule has 0 aliphatic carbocycles. The number of hydrogen-bond donors (Lipinski definition) is 3. The third kappa shape index (κ3) is 3.43. The summed E-state index contributed by atoms with van der Waals surface area (Å²) in [5.74, 6) is -3.62. The molecular weight excluding hydrogens is 288 g/mol. The first-order valence-corrected chi connectivity index (χ1v) is 6.16. The predicted octanol–water partition coefficient (Wildman–Crippen LogP) is 1.52. The molecule has 0 unspecified atom stereocenters. The number of hydrogen-bond acceptors (Lipinski definition) is 5. The molecule has 0 radical (unpaired) electrons. The van der Waals surface area contributed by atoms with Crippen molar-refractivity contribution < 1.29 is 23.6 Å². The number of nitrogens with one attached hydrogen (secondary N) is 2. The van der Waals surface area contributed by atoms with E-state index in [2.05, 4.69) is 10.6 Å². The maximum Gasteiger partial charge on any atom is 0.294 e. The van der Waals surface area contributed by atoms with Gasteiger partial charge in [0.1, 0.15) is 12.3 Å². The number of amides is 1. The van der Waals surface area contributed by atoms with E-state index in [0.29, 0.717) is 17.7 Å². The van der Waals surface area contributed by atoms with Gasteiger partial charge in [0.25, 0.3) is 11.6 Å². The van der Waals surface area contributed by atoms with E-state index in [1.54, 1.807) is 0 Å². The second-order valence-electron chi connectivity index (χ2n) is 4.70. The van der Waals surface area contributed by atoms with Crippen molar-refractivity contribution in [1.29, 1.82) is 0 Å². The van der Waals surface area contributed by atoms with E-state index in [1.165, 1.54) is 6.07 Å². The standard InChI is InChI=1S/C12H13F2N3O4/c13-12(14,6-18)5-15-9-3-7-1-2-11(19)16-8(7)4-10(9)17(20)21/h3-4,15,18H,1-2,5-6H2,(H,16,19). The molecule has 114 valence electrons. The molecule has 0 saturated carbocycles. The van der Waals surface area contributed by atoms with Crippen LogP contribution in [0.1, 0.15) is 12.0 Å². The van der Waals surface area contributed by atoms with Crippen molar-refractivity contribution in [1.82, 2.24) is 0 Å². The van der Waals surface area contributed by atoms with Gasteiger partial charge in [-0.3, -0.25) is 14.9 Å². The van der Waals surface area contributed by atoms with Crippen molar-refractivity contribution in [2.45, 2.75) is 18.8 Å². The summed E-state index contributed by atoms with van der Waals surface area (Å²) < 4.78 is 26.0. The molecule has 1 aromatic rings. The molecule has 0 aromatic heterocycles. The number of benzene rings is 1. The lowest BCUT2D eigenvalue weighted by atomic mass is 10.0. The van der Waals surface area contributed by atoms with Crippen molar-refractivity contribution >= 4 is 23.0 Å². The van der Waals surface area contributed by atoms with Gasteiger partial charge in [0.2, 0.25) is 5.91 Å². The van der Waals surface area contributed by atoms with Crippen LogP contribution in [0.5, 0.6) is 0 Å². The van der Waals surface area contributed by atoms with Gasteiger partial charge < -0.3 is 15.7 Å². The second kappa shape index (κ2) is 5.60. The minimum atomic E-state index is -3.38. The maximum atomic E-state index is 13.0. The number of nitrogens with zero attached hydrogens (tertiary/aromatic N) is 1. The highest BCUT2D eigenvalue weighted by atomic mass is 19.3. The summed E-state index contributed by atoms with van der Waals surface area (Å²) in [6.07, 6.45) is 0.612. The lowest BCUT2D eigenvalue weighted by Crippen LogP contribution is -2.31. The Bertz CT molecular complexity index is 592. The minimum Gasteiger partial charge on any atom is -0.390 e. The zero-order chi connectivity index (χ0) is 15.6. The summed E-state index contributed by atoms with van der Waals surface area (Å²) in [5, 5.41) is 24.3. The molecule has 1 aliphatic heterocycles. The van der Waals surface area contributed by atoms with E-state index in [4.69, 9.17) is 5.11 Å². The number of alkyl halides is 2. The molecule has 9 heteroatoms. The normalized spacial score (nSPS) is 14.3. The number of nitro groups is 1. The average Bonchev–Trinajstić information content (AvgIpc) is 2.44. The zero-order valence-corrected chi connectivity index (χ0v) is 10.9. The second-order valence-corrected chi connectivity index (χ2v) is 4.70. The fourth-order valence-electron chi connectivity index (χ4n) is 1.99. The van der Waals surface area contributed by atoms with Crippen molar-refractivity contribution in [3.63, 3.8) is 0 Å². The van der Waals surface area contributed by atoms with Crippen LogP contribution in [0.25, 0.3) is 0 Å². The topological polar surface area (TPSA) is 104 Å². The molecule has 1 aromatic carbocycles. The summed E-state index contributed by atoms with van der Waals surface area (Å²) in [5.41, 5.74) is 0.472. The first kappa shape index (κ1) is 15.1. The molecule has 0 fully saturated rings. The highest BCUT2D eigenvalue weighted by molar-refractivity contribution is 5.95. The number of aryl methyl sites for hydroxylation is 1. The molecule has 3 N–H and O–H groups in total. The van der Waals surface area contributed by atoms with Gasteiger partial charge in [-0.25, -0.2) is 8.78 Å². The Kier molecular flexibility index (Phi) is 4.03. The smallest absolute Gasteiger partial charge is 0.294 e. The average molecular weight is 301 g/mol. The van der Waals surface area contributed by atoms with Crippen LogP contribution in [0.2, 0.25) is 0 Å². The number of carbonyl (C=O) groups is 1. The molecule has 0 saturated heterocycles. The minimum absolute atomic E-state index is 0.0666. The van der Waals surface area contributed by atoms with Crippen molar-refractivity contribution in [2.24, 2.45) is 0 Å². The fraction of sp³-hybridized carbons (Fsp3) is 0.417. The Morgan fingerprint density at radius 2 is 2.14 bits per heavy atom. The summed E-state index contributed by atoms with van der Waals surface area (Å²) in [4.78, 5) is 21.5. The van der Waals surface area contributed by atoms with Crippen LogP contribution in [0.4, 0.5) is 25.8 Å². The Labute approximate surface area is 118 Å². The van der Waals surface area contributed by atoms with Crippen LogP contribution < -0.4 is 10.6 Å². The number of anilines is 2. The Morgan fingerprint density at radius 1 is 1.43 bits per heavy atom. The number of aliphatic hydroxyl groups is 1. The molecule has 7 nitrogen and oxygen atoms in total. The third-order valence-electron chi connectivity index (χ3n) is 3.08. The summed E-state index contributed by atoms with van der Waals surface area (Å²) >= 11 is 0. The Balaban J connectivity index is 2.31. The molecule has 1 heterocycles. The van der Waals surface area contributed by atoms with Crippen LogP contribution in [0, 0.1) is 10.1 Å². The third-order valence-corrected chi connectivity index (χ3v) is 3.08. The summed E-state index contributed by atoms with van der Waals surface area (Å²) in [6.45, 7) is -2.27. The molecule has 0 spiro atoms. The van der Waals surface area contributed by atoms with E-state index in [1.807, 2.05) is 0 Å².